The monoisotopic (exact) mass is 351 g/mol. The summed E-state index contributed by atoms with van der Waals surface area (Å²) in [5.74, 6) is 0.112. The number of benzene rings is 1. The third-order valence-corrected chi connectivity index (χ3v) is 4.72. The van der Waals surface area contributed by atoms with Gasteiger partial charge in [0.05, 0.1) is 19.0 Å². The minimum absolute atomic E-state index is 0.240. The molecule has 3 heterocycles. The van der Waals surface area contributed by atoms with Crippen LogP contribution in [0.2, 0.25) is 0 Å². The maximum absolute atomic E-state index is 12.5. The Morgan fingerprint density at radius 2 is 2.19 bits per heavy atom. The first kappa shape index (κ1) is 16.4. The average Bonchev–Trinajstić information content (AvgIpc) is 3.33. The molecule has 1 unspecified atom stereocenters. The van der Waals surface area contributed by atoms with E-state index in [2.05, 4.69) is 45.5 Å². The van der Waals surface area contributed by atoms with Crippen molar-refractivity contribution in [3.8, 4) is 0 Å². The average molecular weight is 351 g/mol. The molecule has 2 aromatic heterocycles. The van der Waals surface area contributed by atoms with Gasteiger partial charge in [-0.15, -0.1) is 0 Å². The van der Waals surface area contributed by atoms with Crippen molar-refractivity contribution < 1.29 is 9.21 Å². The zero-order chi connectivity index (χ0) is 18.1. The summed E-state index contributed by atoms with van der Waals surface area (Å²) in [4.78, 5) is 16.3. The molecule has 4 rings (SSSR count). The lowest BCUT2D eigenvalue weighted by Crippen LogP contribution is -2.30. The zero-order valence-corrected chi connectivity index (χ0v) is 14.8. The maximum Gasteiger partial charge on any atom is 0.287 e. The molecule has 0 aliphatic carbocycles. The van der Waals surface area contributed by atoms with E-state index in [4.69, 9.17) is 4.42 Å². The number of amides is 1. The second-order valence-electron chi connectivity index (χ2n) is 6.59. The molecule has 0 saturated heterocycles. The standard InChI is InChI=1S/C19H21N5O2/c1-13-9-14-5-3-4-6-17(14)24(13)12-15-7-8-26-18(15)19(25)20-10-16-11-21-23(2)22-16/h3-8,11,13H,9-10,12H2,1-2H3,(H,20,25). The van der Waals surface area contributed by atoms with Crippen molar-refractivity contribution in [2.75, 3.05) is 4.90 Å². The molecule has 1 atom stereocenters. The van der Waals surface area contributed by atoms with Crippen LogP contribution in [-0.4, -0.2) is 26.9 Å². The van der Waals surface area contributed by atoms with E-state index in [9.17, 15) is 4.79 Å². The number of para-hydroxylation sites is 1. The van der Waals surface area contributed by atoms with Crippen molar-refractivity contribution in [1.29, 1.82) is 0 Å². The van der Waals surface area contributed by atoms with Crippen molar-refractivity contribution in [3.63, 3.8) is 0 Å². The highest BCUT2D eigenvalue weighted by atomic mass is 16.3. The van der Waals surface area contributed by atoms with E-state index in [0.717, 1.165) is 12.0 Å². The SMILES string of the molecule is CC1Cc2ccccc2N1Cc1ccoc1C(=O)NCc1cnn(C)n1. The van der Waals surface area contributed by atoms with Crippen molar-refractivity contribution in [3.05, 3.63) is 65.4 Å². The normalized spacial score (nSPS) is 15.9. The number of nitrogens with zero attached hydrogens (tertiary/aromatic N) is 4. The van der Waals surface area contributed by atoms with Gasteiger partial charge in [0.1, 0.15) is 5.69 Å². The Hall–Kier alpha value is -3.09. The highest BCUT2D eigenvalue weighted by Gasteiger charge is 2.27. The minimum atomic E-state index is -0.240. The van der Waals surface area contributed by atoms with Crippen LogP contribution in [-0.2, 0) is 26.6 Å². The summed E-state index contributed by atoms with van der Waals surface area (Å²) >= 11 is 0. The minimum Gasteiger partial charge on any atom is -0.459 e. The molecule has 7 heteroatoms. The lowest BCUT2D eigenvalue weighted by atomic mass is 10.1. The Bertz CT molecular complexity index is 929. The first-order valence-corrected chi connectivity index (χ1v) is 8.66. The number of rotatable bonds is 5. The lowest BCUT2D eigenvalue weighted by Gasteiger charge is -2.24. The number of aromatic nitrogens is 3. The van der Waals surface area contributed by atoms with E-state index in [0.29, 0.717) is 30.6 Å². The predicted octanol–water partition coefficient (Wildman–Crippen LogP) is 2.29. The summed E-state index contributed by atoms with van der Waals surface area (Å²) in [7, 11) is 1.74. The summed E-state index contributed by atoms with van der Waals surface area (Å²) in [6.07, 6.45) is 4.22. The molecule has 7 nitrogen and oxygen atoms in total. The molecule has 0 bridgehead atoms. The molecule has 1 aliphatic heterocycles. The highest BCUT2D eigenvalue weighted by Crippen LogP contribution is 2.33. The van der Waals surface area contributed by atoms with Gasteiger partial charge >= 0.3 is 0 Å². The quantitative estimate of drug-likeness (QED) is 0.763. The van der Waals surface area contributed by atoms with Crippen molar-refractivity contribution in [2.24, 2.45) is 7.05 Å². The van der Waals surface area contributed by atoms with E-state index in [-0.39, 0.29) is 5.91 Å². The van der Waals surface area contributed by atoms with E-state index in [1.165, 1.54) is 16.0 Å². The number of aryl methyl sites for hydroxylation is 1. The Kier molecular flexibility index (Phi) is 4.20. The molecular weight excluding hydrogens is 330 g/mol. The molecule has 0 radical (unpaired) electrons. The van der Waals surface area contributed by atoms with Crippen LogP contribution in [0.4, 0.5) is 5.69 Å². The number of furan rings is 1. The van der Waals surface area contributed by atoms with Crippen LogP contribution in [0.1, 0.15) is 34.3 Å². The van der Waals surface area contributed by atoms with Gasteiger partial charge in [0.2, 0.25) is 0 Å². The number of fused-ring (bicyclic) bond motifs is 1. The van der Waals surface area contributed by atoms with Crippen LogP contribution in [0.5, 0.6) is 0 Å². The lowest BCUT2D eigenvalue weighted by molar-refractivity contribution is 0.0921. The first-order valence-electron chi connectivity index (χ1n) is 8.66. The number of nitrogens with one attached hydrogen (secondary N) is 1. The van der Waals surface area contributed by atoms with Crippen LogP contribution >= 0.6 is 0 Å². The predicted molar refractivity (Wildman–Crippen MR) is 96.7 cm³/mol. The zero-order valence-electron chi connectivity index (χ0n) is 14.8. The second-order valence-corrected chi connectivity index (χ2v) is 6.59. The Morgan fingerprint density at radius 1 is 1.35 bits per heavy atom. The Balaban J connectivity index is 1.48. The van der Waals surface area contributed by atoms with Gasteiger partial charge < -0.3 is 14.6 Å². The molecule has 26 heavy (non-hydrogen) atoms. The highest BCUT2D eigenvalue weighted by molar-refractivity contribution is 5.92. The Morgan fingerprint density at radius 3 is 3.00 bits per heavy atom. The number of anilines is 1. The Labute approximate surface area is 151 Å². The van der Waals surface area contributed by atoms with E-state index in [1.807, 2.05) is 12.1 Å². The third kappa shape index (κ3) is 3.08. The number of hydrogen-bond acceptors (Lipinski definition) is 5. The number of carbonyl (C=O) groups excluding carboxylic acids is 1. The fourth-order valence-corrected chi connectivity index (χ4v) is 3.43. The van der Waals surface area contributed by atoms with Crippen LogP contribution in [0.3, 0.4) is 0 Å². The van der Waals surface area contributed by atoms with Crippen LogP contribution in [0, 0.1) is 0 Å². The van der Waals surface area contributed by atoms with Crippen molar-refractivity contribution in [2.45, 2.75) is 32.5 Å². The molecule has 1 amide bonds. The van der Waals surface area contributed by atoms with Gasteiger partial charge in [-0.1, -0.05) is 18.2 Å². The molecule has 0 spiro atoms. The van der Waals surface area contributed by atoms with Crippen LogP contribution in [0.25, 0.3) is 0 Å². The number of hydrogen-bond donors (Lipinski definition) is 1. The smallest absolute Gasteiger partial charge is 0.287 e. The van der Waals surface area contributed by atoms with Crippen molar-refractivity contribution >= 4 is 11.6 Å². The van der Waals surface area contributed by atoms with Gasteiger partial charge in [0.25, 0.3) is 5.91 Å². The summed E-state index contributed by atoms with van der Waals surface area (Å²) in [5, 5.41) is 11.0. The fraction of sp³-hybridized carbons (Fsp3) is 0.316. The summed E-state index contributed by atoms with van der Waals surface area (Å²) < 4.78 is 5.47. The van der Waals surface area contributed by atoms with Crippen LogP contribution < -0.4 is 10.2 Å². The van der Waals surface area contributed by atoms with Gasteiger partial charge in [-0.25, -0.2) is 0 Å². The summed E-state index contributed by atoms with van der Waals surface area (Å²) in [6, 6.07) is 10.7. The first-order chi connectivity index (χ1) is 12.6. The summed E-state index contributed by atoms with van der Waals surface area (Å²) in [6.45, 7) is 3.16. The molecule has 134 valence electrons. The molecule has 0 saturated carbocycles. The topological polar surface area (TPSA) is 76.2 Å². The summed E-state index contributed by atoms with van der Waals surface area (Å²) in [5.41, 5.74) is 4.16. The van der Waals surface area contributed by atoms with Gasteiger partial charge in [0, 0.05) is 30.9 Å². The molecule has 1 aromatic carbocycles. The second kappa shape index (κ2) is 6.67. The molecular formula is C19H21N5O2. The molecule has 1 N–H and O–H groups in total. The molecule has 0 fully saturated rings. The largest absolute Gasteiger partial charge is 0.459 e. The van der Waals surface area contributed by atoms with E-state index < -0.39 is 0 Å². The fourth-order valence-electron chi connectivity index (χ4n) is 3.43. The van der Waals surface area contributed by atoms with Gasteiger partial charge in [-0.2, -0.15) is 15.0 Å². The van der Waals surface area contributed by atoms with Gasteiger partial charge in [-0.3, -0.25) is 4.79 Å². The van der Waals surface area contributed by atoms with Crippen molar-refractivity contribution in [1.82, 2.24) is 20.3 Å². The van der Waals surface area contributed by atoms with Crippen LogP contribution in [0.15, 0.2) is 47.2 Å². The maximum atomic E-state index is 12.5. The molecule has 1 aliphatic rings. The molecule has 3 aromatic rings. The third-order valence-electron chi connectivity index (χ3n) is 4.72. The van der Waals surface area contributed by atoms with Gasteiger partial charge in [0.15, 0.2) is 5.76 Å². The van der Waals surface area contributed by atoms with E-state index >= 15 is 0 Å². The number of carbonyl (C=O) groups is 1. The van der Waals surface area contributed by atoms with Gasteiger partial charge in [-0.05, 0) is 31.0 Å². The van der Waals surface area contributed by atoms with E-state index in [1.54, 1.807) is 19.5 Å².